The average molecular weight is 154 g/mol. The first kappa shape index (κ1) is 8.63. The van der Waals surface area contributed by atoms with Crippen LogP contribution in [0.25, 0.3) is 0 Å². The van der Waals surface area contributed by atoms with Crippen LogP contribution in [0, 0.1) is 11.8 Å². The first-order valence-corrected chi connectivity index (χ1v) is 4.59. The van der Waals surface area contributed by atoms with E-state index in [4.69, 9.17) is 0 Å². The predicted octanol–water partition coefficient (Wildman–Crippen LogP) is 3.27. The quantitative estimate of drug-likeness (QED) is 0.647. The molecule has 11 heavy (non-hydrogen) atoms. The van der Waals surface area contributed by atoms with Crippen molar-refractivity contribution < 1.29 is 5.11 Å². The molecule has 1 rings (SSSR count). The molecule has 1 atom stereocenters. The molecule has 0 radical (unpaired) electrons. The van der Waals surface area contributed by atoms with Gasteiger partial charge in [0.1, 0.15) is 0 Å². The summed E-state index contributed by atoms with van der Waals surface area (Å²) in [6.07, 6.45) is 6.63. The largest absolute Gasteiger partial charge is 0.512 e. The molecule has 0 saturated heterocycles. The van der Waals surface area contributed by atoms with Crippen LogP contribution in [0.3, 0.4) is 0 Å². The van der Waals surface area contributed by atoms with E-state index in [-0.39, 0.29) is 0 Å². The molecule has 64 valence electrons. The predicted molar refractivity (Wildman–Crippen MR) is 47.5 cm³/mol. The second-order valence-corrected chi connectivity index (χ2v) is 3.89. The summed E-state index contributed by atoms with van der Waals surface area (Å²) in [5.74, 6) is 1.81. The van der Waals surface area contributed by atoms with Gasteiger partial charge in [-0.1, -0.05) is 13.8 Å². The molecule has 0 spiro atoms. The van der Waals surface area contributed by atoms with E-state index in [9.17, 15) is 5.11 Å². The number of rotatable bonds is 2. The highest BCUT2D eigenvalue weighted by molar-refractivity contribution is 5.00. The molecule has 0 aromatic carbocycles. The van der Waals surface area contributed by atoms with E-state index in [0.29, 0.717) is 17.6 Å². The summed E-state index contributed by atoms with van der Waals surface area (Å²) in [7, 11) is 0. The van der Waals surface area contributed by atoms with Gasteiger partial charge in [-0.15, -0.1) is 0 Å². The van der Waals surface area contributed by atoms with E-state index in [2.05, 4.69) is 13.8 Å². The van der Waals surface area contributed by atoms with Crippen molar-refractivity contribution in [1.82, 2.24) is 0 Å². The van der Waals surface area contributed by atoms with Gasteiger partial charge in [-0.3, -0.25) is 0 Å². The Morgan fingerprint density at radius 2 is 2.36 bits per heavy atom. The summed E-state index contributed by atoms with van der Waals surface area (Å²) in [6.45, 7) is 4.42. The van der Waals surface area contributed by atoms with Crippen molar-refractivity contribution in [1.29, 1.82) is 0 Å². The Hall–Kier alpha value is -0.460. The van der Waals surface area contributed by atoms with Crippen LogP contribution in [0.2, 0.25) is 0 Å². The van der Waals surface area contributed by atoms with Crippen molar-refractivity contribution in [3.63, 3.8) is 0 Å². The number of hydrogen-bond donors (Lipinski definition) is 1. The summed E-state index contributed by atoms with van der Waals surface area (Å²) in [5.41, 5.74) is 0. The standard InChI is InChI=1S/C10H18O/c1-8(2)7-9-5-3-4-6-10(9)11/h6,8-9,11H,3-5,7H2,1-2H3/t9-/m0/s1. The first-order valence-electron chi connectivity index (χ1n) is 4.59. The van der Waals surface area contributed by atoms with Crippen LogP contribution in [0.15, 0.2) is 11.8 Å². The molecular weight excluding hydrogens is 136 g/mol. The third-order valence-electron chi connectivity index (χ3n) is 2.28. The molecule has 0 saturated carbocycles. The Balaban J connectivity index is 2.43. The number of hydrogen-bond acceptors (Lipinski definition) is 1. The minimum atomic E-state index is 0.462. The molecule has 0 heterocycles. The fourth-order valence-electron chi connectivity index (χ4n) is 1.74. The molecule has 0 fully saturated rings. The molecule has 0 aromatic heterocycles. The molecule has 0 amide bonds. The van der Waals surface area contributed by atoms with E-state index in [1.807, 2.05) is 6.08 Å². The van der Waals surface area contributed by atoms with Gasteiger partial charge in [0.15, 0.2) is 0 Å². The van der Waals surface area contributed by atoms with Crippen LogP contribution in [0.4, 0.5) is 0 Å². The lowest BCUT2D eigenvalue weighted by atomic mass is 9.87. The van der Waals surface area contributed by atoms with E-state index in [1.54, 1.807) is 0 Å². The van der Waals surface area contributed by atoms with Crippen LogP contribution in [-0.4, -0.2) is 5.11 Å². The van der Waals surface area contributed by atoms with Gasteiger partial charge >= 0.3 is 0 Å². The Morgan fingerprint density at radius 3 is 2.91 bits per heavy atom. The molecule has 1 nitrogen and oxygen atoms in total. The molecule has 1 aliphatic rings. The van der Waals surface area contributed by atoms with Crippen LogP contribution in [0.5, 0.6) is 0 Å². The van der Waals surface area contributed by atoms with Crippen molar-refractivity contribution in [2.45, 2.75) is 39.5 Å². The van der Waals surface area contributed by atoms with Crippen LogP contribution >= 0.6 is 0 Å². The zero-order chi connectivity index (χ0) is 8.27. The van der Waals surface area contributed by atoms with Gasteiger partial charge in [-0.25, -0.2) is 0 Å². The molecular formula is C10H18O. The second kappa shape index (κ2) is 3.80. The summed E-state index contributed by atoms with van der Waals surface area (Å²) in [5, 5.41) is 9.48. The summed E-state index contributed by atoms with van der Waals surface area (Å²) in [4.78, 5) is 0. The van der Waals surface area contributed by atoms with Crippen molar-refractivity contribution in [3.8, 4) is 0 Å². The lowest BCUT2D eigenvalue weighted by Crippen LogP contribution is -2.10. The van der Waals surface area contributed by atoms with Gasteiger partial charge in [-0.2, -0.15) is 0 Å². The van der Waals surface area contributed by atoms with Gasteiger partial charge < -0.3 is 5.11 Å². The van der Waals surface area contributed by atoms with Gasteiger partial charge in [0.05, 0.1) is 5.76 Å². The fourth-order valence-corrected chi connectivity index (χ4v) is 1.74. The topological polar surface area (TPSA) is 20.2 Å². The summed E-state index contributed by atoms with van der Waals surface area (Å²) < 4.78 is 0. The summed E-state index contributed by atoms with van der Waals surface area (Å²) >= 11 is 0. The molecule has 1 heteroatoms. The third-order valence-corrected chi connectivity index (χ3v) is 2.28. The molecule has 0 bridgehead atoms. The van der Waals surface area contributed by atoms with E-state index < -0.39 is 0 Å². The smallest absolute Gasteiger partial charge is 0.0913 e. The third kappa shape index (κ3) is 2.57. The summed E-state index contributed by atoms with van der Waals surface area (Å²) in [6, 6.07) is 0. The van der Waals surface area contributed by atoms with Crippen molar-refractivity contribution >= 4 is 0 Å². The normalized spacial score (nSPS) is 25.4. The zero-order valence-electron chi connectivity index (χ0n) is 7.51. The Bertz CT molecular complexity index is 147. The Morgan fingerprint density at radius 1 is 1.64 bits per heavy atom. The van der Waals surface area contributed by atoms with Crippen LogP contribution in [0.1, 0.15) is 39.5 Å². The average Bonchev–Trinajstić information content (AvgIpc) is 1.93. The number of aliphatic hydroxyl groups is 1. The SMILES string of the molecule is CC(C)C[C@@H]1CCCC=C1O. The number of aliphatic hydroxyl groups excluding tert-OH is 1. The minimum absolute atomic E-state index is 0.462. The maximum atomic E-state index is 9.48. The highest BCUT2D eigenvalue weighted by Crippen LogP contribution is 2.28. The monoisotopic (exact) mass is 154 g/mol. The van der Waals surface area contributed by atoms with E-state index in [1.165, 1.54) is 12.8 Å². The minimum Gasteiger partial charge on any atom is -0.512 e. The zero-order valence-corrected chi connectivity index (χ0v) is 7.51. The lowest BCUT2D eigenvalue weighted by molar-refractivity contribution is 0.270. The molecule has 0 unspecified atom stereocenters. The van der Waals surface area contributed by atoms with Crippen molar-refractivity contribution in [3.05, 3.63) is 11.8 Å². The Kier molecular flexibility index (Phi) is 2.98. The molecule has 0 aliphatic heterocycles. The highest BCUT2D eigenvalue weighted by atomic mass is 16.3. The van der Waals surface area contributed by atoms with Gasteiger partial charge in [0, 0.05) is 5.92 Å². The van der Waals surface area contributed by atoms with Crippen molar-refractivity contribution in [2.24, 2.45) is 11.8 Å². The van der Waals surface area contributed by atoms with E-state index >= 15 is 0 Å². The first-order chi connectivity index (χ1) is 5.20. The van der Waals surface area contributed by atoms with Gasteiger partial charge in [0.2, 0.25) is 0 Å². The second-order valence-electron chi connectivity index (χ2n) is 3.89. The van der Waals surface area contributed by atoms with E-state index in [0.717, 1.165) is 12.8 Å². The van der Waals surface area contributed by atoms with Crippen LogP contribution < -0.4 is 0 Å². The molecule has 1 N–H and O–H groups in total. The number of allylic oxidation sites excluding steroid dienone is 2. The Labute approximate surface area is 69.1 Å². The van der Waals surface area contributed by atoms with Gasteiger partial charge in [0.25, 0.3) is 0 Å². The van der Waals surface area contributed by atoms with Crippen molar-refractivity contribution in [2.75, 3.05) is 0 Å². The molecule has 1 aliphatic carbocycles. The highest BCUT2D eigenvalue weighted by Gasteiger charge is 2.17. The van der Waals surface area contributed by atoms with Gasteiger partial charge in [-0.05, 0) is 37.7 Å². The maximum Gasteiger partial charge on any atom is 0.0913 e. The molecule has 0 aromatic rings. The lowest BCUT2D eigenvalue weighted by Gasteiger charge is -2.21. The fraction of sp³-hybridized carbons (Fsp3) is 0.800. The maximum absolute atomic E-state index is 9.48. The van der Waals surface area contributed by atoms with Crippen LogP contribution in [-0.2, 0) is 0 Å².